The number of hydrogen-bond donors (Lipinski definition) is 0. The molecule has 0 unspecified atom stereocenters. The molecule has 0 saturated carbocycles. The van der Waals surface area contributed by atoms with Crippen molar-refractivity contribution in [2.75, 3.05) is 20.0 Å². The Morgan fingerprint density at radius 2 is 0.541 bits per heavy atom. The van der Waals surface area contributed by atoms with Gasteiger partial charge in [0.2, 0.25) is 19.3 Å². The maximum Gasteiger partial charge on any atom is 4.00 e. The first kappa shape index (κ1) is 69.8. The standard InChI is InChI=1S/4C13H22N4.4BrH.2Pt/c4*1-12(2)16-7-5-14(10-16)9-15-6-8-17(11-15)13(3)4;;;;;;/h4*5-8,10-13H,9H2,1-4H3;4*1H;;/q3*-2;+2;;;;;2*+4/p-4. The van der Waals surface area contributed by atoms with E-state index < -0.39 is 0 Å². The minimum Gasteiger partial charge on any atom is 4.00 e. The number of aromatic nitrogens is 4. The molecule has 0 aliphatic carbocycles. The maximum absolute atomic E-state index is 3.17. The van der Waals surface area contributed by atoms with Gasteiger partial charge < -0.3 is 92.8 Å². The molecule has 424 valence electrons. The zero-order chi connectivity index (χ0) is 52.4. The fourth-order valence-corrected chi connectivity index (χ4v) is 7.15. The average Bonchev–Trinajstić information content (AvgIpc) is 4.16. The Balaban J connectivity index is 0.000000478. The Labute approximate surface area is 506 Å². The third-order valence-electron chi connectivity index (χ3n) is 11.8. The second-order valence-corrected chi connectivity index (χ2v) is 30.3. The van der Waals surface area contributed by atoms with Crippen LogP contribution in [0.1, 0.15) is 123 Å². The summed E-state index contributed by atoms with van der Waals surface area (Å²) in [6.45, 7) is 51.3. The first-order chi connectivity index (χ1) is 33.6. The molecule has 0 aromatic carbocycles. The van der Waals surface area contributed by atoms with Gasteiger partial charge in [0, 0.05) is 20.0 Å². The molecule has 0 spiro atoms. The summed E-state index contributed by atoms with van der Waals surface area (Å²) < 4.78 is 8.79. The molecule has 16 nitrogen and oxygen atoms in total. The van der Waals surface area contributed by atoms with Crippen LogP contribution in [0.25, 0.3) is 0 Å². The van der Waals surface area contributed by atoms with Gasteiger partial charge in [-0.05, 0) is 221 Å². The van der Waals surface area contributed by atoms with E-state index in [1.54, 1.807) is 0 Å². The van der Waals surface area contributed by atoms with Gasteiger partial charge in [-0.15, -0.1) is 0 Å². The molecule has 6 aliphatic heterocycles. The van der Waals surface area contributed by atoms with Gasteiger partial charge in [-0.1, -0.05) is 0 Å². The van der Waals surface area contributed by atoms with Crippen molar-refractivity contribution < 1.29 is 78.6 Å². The molecule has 0 fully saturated rings. The normalized spacial score (nSPS) is 16.5. The summed E-state index contributed by atoms with van der Waals surface area (Å²) >= 11 is 6.56. The Bertz CT molecular complexity index is 1720. The summed E-state index contributed by atoms with van der Waals surface area (Å²) in [6.07, 6.45) is 38.1. The SMILES string of the molecule is CC(C)N1C=CN(CN2C=CN(C(C)C)[CH-]2)[CH-]1.CC(C)N1C=CN(CN2C=CN(C(C)C)[CH-]2)[CH-]1.CC(C)N1C=CN(CN2C=CN(C(C)C)[CH-]2)[CH-]1.CC(C)n1cc[n+](C[n+]2ccn(C(C)C)c2)c1.[Br-].[Br-].[Br][Pt+2][Br].[Pt+4]. The number of rotatable bonds is 16. The van der Waals surface area contributed by atoms with Crippen LogP contribution in [-0.4, -0.2) is 124 Å². The monoisotopic (exact) mass is 1640 g/mol. The largest absolute Gasteiger partial charge is 4.00 e. The van der Waals surface area contributed by atoms with E-state index in [0.29, 0.717) is 48.3 Å². The third kappa shape index (κ3) is 23.8. The quantitative estimate of drug-likeness (QED) is 0.182. The van der Waals surface area contributed by atoms with E-state index in [2.05, 4.69) is 366 Å². The zero-order valence-electron chi connectivity index (χ0n) is 46.6. The van der Waals surface area contributed by atoms with E-state index >= 15 is 0 Å². The Hall–Kier alpha value is -2.24. The van der Waals surface area contributed by atoms with E-state index in [9.17, 15) is 0 Å². The number of halogens is 4. The van der Waals surface area contributed by atoms with Crippen molar-refractivity contribution in [1.82, 2.24) is 67.9 Å². The molecular weight excluding hydrogens is 1560 g/mol. The van der Waals surface area contributed by atoms with Crippen LogP contribution in [0.2, 0.25) is 0 Å². The molecule has 0 radical (unpaired) electrons. The molecule has 74 heavy (non-hydrogen) atoms. The van der Waals surface area contributed by atoms with Crippen molar-refractivity contribution in [3.63, 3.8) is 0 Å². The fraction of sp³-hybridized carbons (Fsp3) is 0.538. The molecule has 2 aromatic heterocycles. The first-order valence-corrected chi connectivity index (χ1v) is 34.9. The molecule has 0 atom stereocenters. The summed E-state index contributed by atoms with van der Waals surface area (Å²) in [4.78, 5) is 26.4. The molecule has 22 heteroatoms. The summed E-state index contributed by atoms with van der Waals surface area (Å²) in [6, 6.07) is 4.12. The van der Waals surface area contributed by atoms with E-state index in [4.69, 9.17) is 0 Å². The van der Waals surface area contributed by atoms with Crippen LogP contribution in [0.5, 0.6) is 0 Å². The fourth-order valence-electron chi connectivity index (χ4n) is 7.15. The van der Waals surface area contributed by atoms with Crippen molar-refractivity contribution in [3.05, 3.63) is 152 Å². The minimum absolute atomic E-state index is 0. The van der Waals surface area contributed by atoms with E-state index in [0.717, 1.165) is 26.7 Å². The van der Waals surface area contributed by atoms with Crippen molar-refractivity contribution in [1.29, 1.82) is 0 Å². The number of hydrogen-bond acceptors (Lipinski definition) is 12. The molecule has 0 bridgehead atoms. The predicted octanol–water partition coefficient (Wildman–Crippen LogP) is 3.76. The minimum atomic E-state index is 0. The van der Waals surface area contributed by atoms with Gasteiger partial charge in [-0.2, -0.15) is 49.1 Å². The first-order valence-electron chi connectivity index (χ1n) is 25.0. The van der Waals surface area contributed by atoms with Gasteiger partial charge in [-0.25, -0.2) is 9.13 Å². The van der Waals surface area contributed by atoms with Crippen molar-refractivity contribution in [2.24, 2.45) is 0 Å². The maximum atomic E-state index is 3.17. The van der Waals surface area contributed by atoms with Crippen LogP contribution in [0.4, 0.5) is 0 Å². The second kappa shape index (κ2) is 35.3. The van der Waals surface area contributed by atoms with Gasteiger partial charge in [0.1, 0.15) is 24.8 Å². The average molecular weight is 1650 g/mol. The molecule has 0 amide bonds. The van der Waals surface area contributed by atoms with Crippen LogP contribution in [0, 0.1) is 40.0 Å². The predicted molar refractivity (Wildman–Crippen MR) is 291 cm³/mol. The van der Waals surface area contributed by atoms with Crippen molar-refractivity contribution in [3.8, 4) is 0 Å². The van der Waals surface area contributed by atoms with Crippen molar-refractivity contribution in [2.45, 2.75) is 166 Å². The van der Waals surface area contributed by atoms with E-state index in [1.807, 2.05) is 0 Å². The molecule has 0 saturated heterocycles. The summed E-state index contributed by atoms with van der Waals surface area (Å²) in [5.41, 5.74) is 0. The van der Waals surface area contributed by atoms with Gasteiger partial charge in [0.15, 0.2) is 0 Å². The van der Waals surface area contributed by atoms with Crippen LogP contribution in [-0.2, 0) is 42.2 Å². The number of nitrogens with zero attached hydrogens (tertiary/aromatic N) is 16. The van der Waals surface area contributed by atoms with Gasteiger partial charge >= 0.3 is 62.1 Å². The van der Waals surface area contributed by atoms with Crippen molar-refractivity contribution >= 4 is 26.6 Å². The third-order valence-corrected chi connectivity index (χ3v) is 11.8. The molecule has 0 N–H and O–H groups in total. The van der Waals surface area contributed by atoms with Gasteiger partial charge in [0.05, 0.1) is 12.1 Å². The molecule has 8 rings (SSSR count). The number of imidazole rings is 2. The van der Waals surface area contributed by atoms with Gasteiger partial charge in [0.25, 0.3) is 0 Å². The van der Waals surface area contributed by atoms with E-state index in [1.165, 1.54) is 0 Å². The topological polar surface area (TPSA) is 56.5 Å². The van der Waals surface area contributed by atoms with Crippen LogP contribution in [0.3, 0.4) is 0 Å². The Kier molecular flexibility index (Phi) is 33.3. The smallest absolute Gasteiger partial charge is 4.00 e. The molecular formula is C52H88Br4N16Pt2. The van der Waals surface area contributed by atoms with Crippen LogP contribution >= 0.6 is 26.6 Å². The summed E-state index contributed by atoms with van der Waals surface area (Å²) in [5.74, 6) is 0. The second-order valence-electron chi connectivity index (χ2n) is 20.4. The Morgan fingerprint density at radius 3 is 0.676 bits per heavy atom. The molecule has 8 heterocycles. The van der Waals surface area contributed by atoms with Gasteiger partial charge in [-0.3, -0.25) is 0 Å². The molecule has 2 aromatic rings. The Morgan fingerprint density at radius 1 is 0.351 bits per heavy atom. The van der Waals surface area contributed by atoms with Crippen LogP contribution < -0.4 is 43.1 Å². The summed E-state index contributed by atoms with van der Waals surface area (Å²) in [7, 11) is 0. The zero-order valence-corrected chi connectivity index (χ0v) is 57.5. The summed E-state index contributed by atoms with van der Waals surface area (Å²) in [5, 5.41) is 0. The van der Waals surface area contributed by atoms with E-state index in [-0.39, 0.29) is 69.5 Å². The van der Waals surface area contributed by atoms with Crippen LogP contribution in [0.15, 0.2) is 112 Å². The molecule has 6 aliphatic rings.